The number of carbonyl (C=O) groups is 2. The number of para-hydroxylation sites is 3. The van der Waals surface area contributed by atoms with Gasteiger partial charge in [-0.3, -0.25) is 14.3 Å². The molecule has 0 saturated carbocycles. The van der Waals surface area contributed by atoms with Gasteiger partial charge in [0.1, 0.15) is 5.69 Å². The van der Waals surface area contributed by atoms with Crippen LogP contribution in [0, 0.1) is 6.92 Å². The molecule has 0 bridgehead atoms. The number of aliphatic hydroxyl groups excluding tert-OH is 1. The summed E-state index contributed by atoms with van der Waals surface area (Å²) in [4.78, 5) is 33.1. The van der Waals surface area contributed by atoms with Gasteiger partial charge in [0.05, 0.1) is 34.4 Å². The maximum Gasteiger partial charge on any atom is 0.298 e. The van der Waals surface area contributed by atoms with Crippen LogP contribution < -0.4 is 11.2 Å². The van der Waals surface area contributed by atoms with Gasteiger partial charge in [-0.25, -0.2) is 0 Å². The van der Waals surface area contributed by atoms with Crippen molar-refractivity contribution in [1.82, 2.24) is 28.0 Å². The van der Waals surface area contributed by atoms with Gasteiger partial charge in [-0.1, -0.05) is 36.4 Å². The molecular formula is C29H32N8O3. The fourth-order valence-electron chi connectivity index (χ4n) is 5.21. The lowest BCUT2D eigenvalue weighted by Gasteiger charge is -2.06. The standard InChI is InChI=1S/C29H32N8O3/c1-5-37-25(17-20(2)32-37)27(40)31-29-34(4)24-14-10-11-21(18-38)26(24)36(29)16-9-8-15-35-23-13-7-6-12-22(23)33(3)28(35)30-19-39/h6-14,17,19,38H,5,15-16,18H2,1-4H3/b9-8+,30-28?,31-29?. The quantitative estimate of drug-likeness (QED) is 0.240. The van der Waals surface area contributed by atoms with Crippen LogP contribution >= 0.6 is 0 Å². The Kier molecular flexibility index (Phi) is 7.47. The van der Waals surface area contributed by atoms with Crippen molar-refractivity contribution in [3.05, 3.63) is 88.9 Å². The van der Waals surface area contributed by atoms with Crippen LogP contribution in [0.2, 0.25) is 0 Å². The highest BCUT2D eigenvalue weighted by Gasteiger charge is 2.17. The lowest BCUT2D eigenvalue weighted by Crippen LogP contribution is -2.26. The third kappa shape index (κ3) is 4.64. The van der Waals surface area contributed by atoms with Gasteiger partial charge in [-0.15, -0.1) is 0 Å². The first-order valence-electron chi connectivity index (χ1n) is 13.1. The van der Waals surface area contributed by atoms with Crippen molar-refractivity contribution in [3.63, 3.8) is 0 Å². The molecular weight excluding hydrogens is 508 g/mol. The van der Waals surface area contributed by atoms with E-state index in [0.29, 0.717) is 43.0 Å². The number of rotatable bonds is 8. The van der Waals surface area contributed by atoms with Gasteiger partial charge in [0.2, 0.25) is 17.6 Å². The van der Waals surface area contributed by atoms with Gasteiger partial charge in [0, 0.05) is 39.3 Å². The molecule has 0 aliphatic heterocycles. The Bertz CT molecular complexity index is 1910. The van der Waals surface area contributed by atoms with Gasteiger partial charge in [0.25, 0.3) is 5.91 Å². The summed E-state index contributed by atoms with van der Waals surface area (Å²) in [6, 6.07) is 15.3. The summed E-state index contributed by atoms with van der Waals surface area (Å²) < 4.78 is 9.29. The summed E-state index contributed by atoms with van der Waals surface area (Å²) in [6.07, 6.45) is 4.52. The molecule has 2 aromatic carbocycles. The van der Waals surface area contributed by atoms with Gasteiger partial charge in [0.15, 0.2) is 0 Å². The number of hydrogen-bond donors (Lipinski definition) is 1. The molecule has 11 heteroatoms. The van der Waals surface area contributed by atoms with E-state index < -0.39 is 0 Å². The molecule has 0 atom stereocenters. The average Bonchev–Trinajstić information content (AvgIpc) is 3.57. The van der Waals surface area contributed by atoms with E-state index in [0.717, 1.165) is 33.3 Å². The van der Waals surface area contributed by atoms with E-state index in [2.05, 4.69) is 15.1 Å². The highest BCUT2D eigenvalue weighted by Crippen LogP contribution is 2.18. The van der Waals surface area contributed by atoms with Crippen molar-refractivity contribution in [3.8, 4) is 0 Å². The molecule has 0 fully saturated rings. The number of aryl methyl sites for hydroxylation is 4. The van der Waals surface area contributed by atoms with E-state index in [-0.39, 0.29) is 12.5 Å². The van der Waals surface area contributed by atoms with E-state index in [1.807, 2.05) is 101 Å². The van der Waals surface area contributed by atoms with Crippen molar-refractivity contribution in [2.24, 2.45) is 24.1 Å². The van der Waals surface area contributed by atoms with Crippen molar-refractivity contribution in [1.29, 1.82) is 0 Å². The van der Waals surface area contributed by atoms with Crippen LogP contribution in [-0.2, 0) is 45.1 Å². The summed E-state index contributed by atoms with van der Waals surface area (Å²) in [5.41, 5.74) is 6.50. The summed E-state index contributed by atoms with van der Waals surface area (Å²) in [5.74, 6) is -0.386. The first-order chi connectivity index (χ1) is 19.4. The number of hydrogen-bond acceptors (Lipinski definition) is 4. The lowest BCUT2D eigenvalue weighted by molar-refractivity contribution is -0.107. The third-order valence-electron chi connectivity index (χ3n) is 7.05. The fourth-order valence-corrected chi connectivity index (χ4v) is 5.21. The maximum atomic E-state index is 13.3. The van der Waals surface area contributed by atoms with Crippen LogP contribution in [0.1, 0.15) is 28.7 Å². The second-order valence-electron chi connectivity index (χ2n) is 9.48. The molecule has 1 N–H and O–H groups in total. The summed E-state index contributed by atoms with van der Waals surface area (Å²) >= 11 is 0. The number of carbonyl (C=O) groups excluding carboxylic acids is 2. The molecule has 206 valence electrons. The number of aromatic nitrogens is 6. The molecule has 11 nitrogen and oxygen atoms in total. The number of nitrogens with zero attached hydrogens (tertiary/aromatic N) is 8. The number of amides is 2. The minimum absolute atomic E-state index is 0.150. The van der Waals surface area contributed by atoms with Crippen LogP contribution in [0.4, 0.5) is 0 Å². The van der Waals surface area contributed by atoms with Gasteiger partial charge in [-0.2, -0.15) is 15.1 Å². The molecule has 0 aliphatic rings. The largest absolute Gasteiger partial charge is 0.392 e. The van der Waals surface area contributed by atoms with Gasteiger partial charge in [-0.05, 0) is 38.1 Å². The predicted molar refractivity (Wildman–Crippen MR) is 151 cm³/mol. The summed E-state index contributed by atoms with van der Waals surface area (Å²) in [6.45, 7) is 5.06. The number of aliphatic hydroxyl groups is 1. The number of benzene rings is 2. The van der Waals surface area contributed by atoms with E-state index in [1.165, 1.54) is 0 Å². The smallest absolute Gasteiger partial charge is 0.298 e. The lowest BCUT2D eigenvalue weighted by atomic mass is 10.2. The molecule has 0 unspecified atom stereocenters. The normalized spacial score (nSPS) is 12.9. The van der Waals surface area contributed by atoms with Gasteiger partial charge >= 0.3 is 0 Å². The Morgan fingerprint density at radius 3 is 2.33 bits per heavy atom. The zero-order chi connectivity index (χ0) is 28.4. The zero-order valence-corrected chi connectivity index (χ0v) is 23.0. The molecule has 0 spiro atoms. The minimum atomic E-state index is -0.386. The molecule has 0 radical (unpaired) electrons. The topological polar surface area (TPSA) is 117 Å². The van der Waals surface area contributed by atoms with Crippen molar-refractivity contribution in [2.75, 3.05) is 0 Å². The second-order valence-corrected chi connectivity index (χ2v) is 9.48. The highest BCUT2D eigenvalue weighted by molar-refractivity contribution is 5.93. The van der Waals surface area contributed by atoms with Crippen LogP contribution in [0.5, 0.6) is 0 Å². The Balaban J connectivity index is 1.58. The maximum absolute atomic E-state index is 13.3. The third-order valence-corrected chi connectivity index (χ3v) is 7.05. The van der Waals surface area contributed by atoms with Crippen molar-refractivity contribution < 1.29 is 14.7 Å². The van der Waals surface area contributed by atoms with Crippen LogP contribution in [0.3, 0.4) is 0 Å². The summed E-state index contributed by atoms with van der Waals surface area (Å²) in [7, 11) is 3.74. The summed E-state index contributed by atoms with van der Waals surface area (Å²) in [5, 5.41) is 14.5. The Morgan fingerprint density at radius 1 is 0.950 bits per heavy atom. The van der Waals surface area contributed by atoms with Crippen LogP contribution in [0.15, 0.2) is 70.7 Å². The number of fused-ring (bicyclic) bond motifs is 2. The molecule has 5 rings (SSSR count). The number of imidazole rings is 2. The molecule has 2 amide bonds. The Morgan fingerprint density at radius 2 is 1.62 bits per heavy atom. The predicted octanol–water partition coefficient (Wildman–Crippen LogP) is 2.34. The first-order valence-corrected chi connectivity index (χ1v) is 13.1. The minimum Gasteiger partial charge on any atom is -0.392 e. The molecule has 3 heterocycles. The number of allylic oxidation sites excluding steroid dienone is 2. The Hall–Kier alpha value is -4.77. The Labute approximate surface area is 230 Å². The first kappa shape index (κ1) is 26.8. The van der Waals surface area contributed by atoms with E-state index in [4.69, 9.17) is 0 Å². The molecule has 0 aliphatic carbocycles. The van der Waals surface area contributed by atoms with E-state index in [9.17, 15) is 14.7 Å². The highest BCUT2D eigenvalue weighted by atomic mass is 16.3. The van der Waals surface area contributed by atoms with Crippen LogP contribution in [0.25, 0.3) is 22.1 Å². The molecule has 0 saturated heterocycles. The van der Waals surface area contributed by atoms with Crippen LogP contribution in [-0.4, -0.2) is 45.5 Å². The van der Waals surface area contributed by atoms with E-state index >= 15 is 0 Å². The monoisotopic (exact) mass is 540 g/mol. The second kappa shape index (κ2) is 11.1. The SMILES string of the molecule is CCn1nc(C)cc1C(=O)N=c1n(C)c2cccc(CO)c2n1C/C=C/Cn1c(=NC=O)n(C)c2ccccc21. The van der Waals surface area contributed by atoms with Gasteiger partial charge < -0.3 is 23.4 Å². The molecule has 5 aromatic rings. The van der Waals surface area contributed by atoms with E-state index in [1.54, 1.807) is 10.7 Å². The molecule has 40 heavy (non-hydrogen) atoms. The van der Waals surface area contributed by atoms with Crippen molar-refractivity contribution in [2.45, 2.75) is 40.1 Å². The molecule has 3 aromatic heterocycles. The zero-order valence-electron chi connectivity index (χ0n) is 23.0. The average molecular weight is 541 g/mol. The van der Waals surface area contributed by atoms with Crippen molar-refractivity contribution >= 4 is 34.4 Å². The fraction of sp³-hybridized carbons (Fsp3) is 0.276.